The second-order valence-electron chi connectivity index (χ2n) is 5.33. The summed E-state index contributed by atoms with van der Waals surface area (Å²) in [6.07, 6.45) is 0.0611. The van der Waals surface area contributed by atoms with Crippen molar-refractivity contribution in [3.8, 4) is 10.6 Å². The quantitative estimate of drug-likeness (QED) is 0.304. The van der Waals surface area contributed by atoms with Crippen molar-refractivity contribution in [1.82, 2.24) is 19.8 Å². The van der Waals surface area contributed by atoms with Crippen molar-refractivity contribution in [2.24, 2.45) is 0 Å². The van der Waals surface area contributed by atoms with Crippen molar-refractivity contribution < 1.29 is 22.0 Å². The highest BCUT2D eigenvalue weighted by atomic mass is 32.1. The van der Waals surface area contributed by atoms with Crippen molar-refractivity contribution in [3.05, 3.63) is 70.8 Å². The van der Waals surface area contributed by atoms with Crippen LogP contribution < -0.4 is 0 Å². The lowest BCUT2D eigenvalue weighted by Crippen LogP contribution is -2.01. The lowest BCUT2D eigenvalue weighted by molar-refractivity contribution is 0.410. The number of hydrogen-bond donors (Lipinski definition) is 0. The molecule has 0 aliphatic rings. The van der Waals surface area contributed by atoms with E-state index in [0.29, 0.717) is 11.6 Å². The van der Waals surface area contributed by atoms with Gasteiger partial charge in [-0.05, 0) is 17.7 Å². The van der Waals surface area contributed by atoms with Crippen LogP contribution in [0.25, 0.3) is 15.5 Å². The molecule has 2 aromatic heterocycles. The number of nitrogens with zero attached hydrogens (tertiary/aromatic N) is 4. The Labute approximate surface area is 146 Å². The molecule has 0 saturated carbocycles. The minimum Gasteiger partial charge on any atom is -0.207 e. The van der Waals surface area contributed by atoms with E-state index in [0.717, 1.165) is 11.3 Å². The number of rotatable bonds is 3. The third kappa shape index (κ3) is 2.62. The van der Waals surface area contributed by atoms with Gasteiger partial charge in [0, 0.05) is 6.42 Å². The van der Waals surface area contributed by atoms with E-state index in [4.69, 9.17) is 0 Å². The van der Waals surface area contributed by atoms with Crippen molar-refractivity contribution in [3.63, 3.8) is 0 Å². The molecule has 0 saturated heterocycles. The van der Waals surface area contributed by atoms with E-state index in [9.17, 15) is 22.0 Å². The van der Waals surface area contributed by atoms with Crippen LogP contribution in [0.1, 0.15) is 11.4 Å². The van der Waals surface area contributed by atoms with Gasteiger partial charge in [-0.2, -0.15) is 9.61 Å². The minimum absolute atomic E-state index is 0.0611. The van der Waals surface area contributed by atoms with E-state index >= 15 is 0 Å². The van der Waals surface area contributed by atoms with Gasteiger partial charge in [0.15, 0.2) is 34.1 Å². The standard InChI is InChI=1S/C16H7F5N4S/c17-9-4-2-1-3-7(9)5-11-22-23-16-25(11)24-15(26-16)8-6-10(18)13(20)14(21)12(8)19/h1-4,6H,5H2. The molecule has 2 aromatic carbocycles. The Balaban J connectivity index is 1.79. The zero-order valence-electron chi connectivity index (χ0n) is 12.7. The number of fused-ring (bicyclic) bond motifs is 1. The topological polar surface area (TPSA) is 43.1 Å². The average molecular weight is 382 g/mol. The summed E-state index contributed by atoms with van der Waals surface area (Å²) < 4.78 is 68.9. The zero-order valence-corrected chi connectivity index (χ0v) is 13.5. The first kappa shape index (κ1) is 16.6. The third-order valence-corrected chi connectivity index (χ3v) is 4.63. The van der Waals surface area contributed by atoms with Gasteiger partial charge in [0.2, 0.25) is 4.96 Å². The summed E-state index contributed by atoms with van der Waals surface area (Å²) in [5, 5.41) is 11.7. The van der Waals surface area contributed by atoms with Crippen LogP contribution in [0.5, 0.6) is 0 Å². The lowest BCUT2D eigenvalue weighted by atomic mass is 10.1. The SMILES string of the molecule is Fc1ccccc1Cc1nnc2sc(-c3cc(F)c(F)c(F)c3F)nn12. The lowest BCUT2D eigenvalue weighted by Gasteiger charge is -2.02. The molecule has 0 fully saturated rings. The molecule has 132 valence electrons. The highest BCUT2D eigenvalue weighted by molar-refractivity contribution is 7.19. The Kier molecular flexibility index (Phi) is 3.91. The maximum absolute atomic E-state index is 14.0. The second-order valence-corrected chi connectivity index (χ2v) is 6.29. The van der Waals surface area contributed by atoms with Gasteiger partial charge in [-0.1, -0.05) is 29.5 Å². The number of halogens is 5. The summed E-state index contributed by atoms with van der Waals surface area (Å²) in [6.45, 7) is 0. The minimum atomic E-state index is -1.92. The van der Waals surface area contributed by atoms with Crippen molar-refractivity contribution in [2.45, 2.75) is 6.42 Å². The Morgan fingerprint density at radius 2 is 1.65 bits per heavy atom. The smallest absolute Gasteiger partial charge is 0.207 e. The molecule has 26 heavy (non-hydrogen) atoms. The number of hydrogen-bond acceptors (Lipinski definition) is 4. The van der Waals surface area contributed by atoms with Crippen LogP contribution in [0.2, 0.25) is 0 Å². The molecule has 0 bridgehead atoms. The predicted molar refractivity (Wildman–Crippen MR) is 83.1 cm³/mol. The van der Waals surface area contributed by atoms with Crippen LogP contribution in [0.15, 0.2) is 30.3 Å². The van der Waals surface area contributed by atoms with Gasteiger partial charge in [-0.3, -0.25) is 0 Å². The van der Waals surface area contributed by atoms with Crippen LogP contribution in [-0.2, 0) is 6.42 Å². The average Bonchev–Trinajstić information content (AvgIpc) is 3.20. The first-order chi connectivity index (χ1) is 12.5. The van der Waals surface area contributed by atoms with Gasteiger partial charge in [-0.15, -0.1) is 10.2 Å². The fourth-order valence-electron chi connectivity index (χ4n) is 2.42. The van der Waals surface area contributed by atoms with Crippen molar-refractivity contribution in [2.75, 3.05) is 0 Å². The van der Waals surface area contributed by atoms with Crippen LogP contribution in [0.4, 0.5) is 22.0 Å². The first-order valence-corrected chi connectivity index (χ1v) is 8.05. The molecule has 0 aliphatic carbocycles. The van der Waals surface area contributed by atoms with E-state index in [1.165, 1.54) is 10.6 Å². The van der Waals surface area contributed by atoms with Crippen LogP contribution >= 0.6 is 11.3 Å². The van der Waals surface area contributed by atoms with Crippen molar-refractivity contribution in [1.29, 1.82) is 0 Å². The maximum atomic E-state index is 14.0. The Hall–Kier alpha value is -2.88. The van der Waals surface area contributed by atoms with Gasteiger partial charge in [0.25, 0.3) is 0 Å². The summed E-state index contributed by atoms with van der Waals surface area (Å²) in [4.78, 5) is 0.218. The predicted octanol–water partition coefficient (Wildman–Crippen LogP) is 4.14. The molecule has 4 aromatic rings. The summed E-state index contributed by atoms with van der Waals surface area (Å²) in [5.74, 6) is -7.07. The van der Waals surface area contributed by atoms with E-state index in [1.807, 2.05) is 0 Å². The Morgan fingerprint density at radius 3 is 2.42 bits per heavy atom. The first-order valence-electron chi connectivity index (χ1n) is 7.23. The van der Waals surface area contributed by atoms with Gasteiger partial charge < -0.3 is 0 Å². The zero-order chi connectivity index (χ0) is 18.4. The fraction of sp³-hybridized carbons (Fsp3) is 0.0625. The van der Waals surface area contributed by atoms with Gasteiger partial charge in [0.05, 0.1) is 5.56 Å². The van der Waals surface area contributed by atoms with E-state index < -0.39 is 34.6 Å². The normalized spacial score (nSPS) is 11.4. The van der Waals surface area contributed by atoms with E-state index in [1.54, 1.807) is 18.2 Å². The Bertz CT molecular complexity index is 1140. The summed E-state index contributed by atoms with van der Waals surface area (Å²) >= 11 is 0.812. The van der Waals surface area contributed by atoms with Crippen LogP contribution in [-0.4, -0.2) is 19.8 Å². The monoisotopic (exact) mass is 382 g/mol. The van der Waals surface area contributed by atoms with Gasteiger partial charge in [0.1, 0.15) is 5.82 Å². The molecule has 10 heteroatoms. The fourth-order valence-corrected chi connectivity index (χ4v) is 3.29. The summed E-state index contributed by atoms with van der Waals surface area (Å²) in [6, 6.07) is 6.58. The van der Waals surface area contributed by atoms with Gasteiger partial charge >= 0.3 is 0 Å². The molecule has 4 rings (SSSR count). The summed E-state index contributed by atoms with van der Waals surface area (Å²) in [5.41, 5.74) is -0.185. The highest BCUT2D eigenvalue weighted by Crippen LogP contribution is 2.31. The molecular formula is C16H7F5N4S. The second kappa shape index (κ2) is 6.13. The molecular weight excluding hydrogens is 375 g/mol. The maximum Gasteiger partial charge on any atom is 0.234 e. The molecule has 0 atom stereocenters. The molecule has 0 spiro atoms. The number of benzene rings is 2. The Morgan fingerprint density at radius 1 is 0.885 bits per heavy atom. The molecule has 0 unspecified atom stereocenters. The molecule has 4 nitrogen and oxygen atoms in total. The van der Waals surface area contributed by atoms with Crippen molar-refractivity contribution >= 4 is 16.3 Å². The highest BCUT2D eigenvalue weighted by Gasteiger charge is 2.23. The largest absolute Gasteiger partial charge is 0.234 e. The van der Waals surface area contributed by atoms with E-state index in [2.05, 4.69) is 15.3 Å². The summed E-state index contributed by atoms with van der Waals surface area (Å²) in [7, 11) is 0. The molecule has 0 radical (unpaired) electrons. The molecule has 2 heterocycles. The van der Waals surface area contributed by atoms with Gasteiger partial charge in [-0.25, -0.2) is 22.0 Å². The third-order valence-electron chi connectivity index (χ3n) is 3.69. The molecule has 0 amide bonds. The number of aromatic nitrogens is 4. The molecule has 0 N–H and O–H groups in total. The van der Waals surface area contributed by atoms with Crippen LogP contribution in [0.3, 0.4) is 0 Å². The van der Waals surface area contributed by atoms with E-state index in [-0.39, 0.29) is 22.2 Å². The van der Waals surface area contributed by atoms with Crippen LogP contribution in [0, 0.1) is 29.1 Å². The molecule has 0 aliphatic heterocycles.